The normalized spacial score (nSPS) is 27.7. The van der Waals surface area contributed by atoms with Gasteiger partial charge in [-0.05, 0) is 68.9 Å². The van der Waals surface area contributed by atoms with Crippen molar-refractivity contribution in [2.75, 3.05) is 31.3 Å². The number of nitrogens with zero attached hydrogens (tertiary/aromatic N) is 1. The Labute approximate surface area is 246 Å². The van der Waals surface area contributed by atoms with Gasteiger partial charge in [0.25, 0.3) is 0 Å². The second kappa shape index (κ2) is 11.2. The monoisotopic (exact) mass is 635 g/mol. The number of rotatable bonds is 7. The van der Waals surface area contributed by atoms with Crippen molar-refractivity contribution in [3.05, 3.63) is 64.2 Å². The summed E-state index contributed by atoms with van der Waals surface area (Å²) in [5, 5.41) is 0.513. The number of alkyl halides is 3. The molecule has 0 N–H and O–H groups in total. The highest BCUT2D eigenvalue weighted by Crippen LogP contribution is 2.53. The van der Waals surface area contributed by atoms with Gasteiger partial charge >= 0.3 is 12.1 Å². The zero-order valence-electron chi connectivity index (χ0n) is 22.9. The standard InChI is InChI=1S/C29H31ClF5NO5S/c1-27(10-2-12-36(27)26(37)29(33,34)35)17-42(38,39)14-9-23-20-16-41-25-22(32)8-7-21(31)24(25)28(20,11-13-40-23)15-18-3-5-19(30)6-4-18/h3-8,20,23H,2,9-17H2,1H3/t20-,23-,27-,28-/m0/s1. The summed E-state index contributed by atoms with van der Waals surface area (Å²) in [6.07, 6.45) is -4.86. The Morgan fingerprint density at radius 1 is 1.10 bits per heavy atom. The lowest BCUT2D eigenvalue weighted by Gasteiger charge is -2.51. The maximum absolute atomic E-state index is 15.5. The van der Waals surface area contributed by atoms with Crippen LogP contribution in [0.3, 0.4) is 0 Å². The maximum atomic E-state index is 15.5. The van der Waals surface area contributed by atoms with Crippen molar-refractivity contribution in [3.8, 4) is 5.75 Å². The van der Waals surface area contributed by atoms with E-state index in [0.29, 0.717) is 22.8 Å². The van der Waals surface area contributed by atoms with Crippen LogP contribution in [0.15, 0.2) is 36.4 Å². The van der Waals surface area contributed by atoms with Gasteiger partial charge < -0.3 is 14.4 Å². The van der Waals surface area contributed by atoms with Crippen LogP contribution < -0.4 is 4.74 Å². The number of hydrogen-bond donors (Lipinski definition) is 0. The largest absolute Gasteiger partial charge is 0.490 e. The van der Waals surface area contributed by atoms with Gasteiger partial charge in [0.2, 0.25) is 0 Å². The van der Waals surface area contributed by atoms with E-state index < -0.39 is 68.0 Å². The van der Waals surface area contributed by atoms with Crippen LogP contribution in [0, 0.1) is 17.6 Å². The number of halogens is 6. The molecule has 0 aliphatic carbocycles. The molecule has 0 aromatic heterocycles. The molecule has 2 fully saturated rings. The fourth-order valence-corrected chi connectivity index (χ4v) is 9.12. The number of carbonyl (C=O) groups is 1. The third-order valence-corrected chi connectivity index (χ3v) is 11.1. The summed E-state index contributed by atoms with van der Waals surface area (Å²) in [6.45, 7) is 1.29. The van der Waals surface area contributed by atoms with Crippen molar-refractivity contribution in [2.24, 2.45) is 5.92 Å². The number of hydrogen-bond acceptors (Lipinski definition) is 5. The molecule has 6 nitrogen and oxygen atoms in total. The second-order valence-corrected chi connectivity index (χ2v) is 14.3. The lowest BCUT2D eigenvalue weighted by atomic mass is 9.60. The summed E-state index contributed by atoms with van der Waals surface area (Å²) in [5.41, 5.74) is -1.57. The molecule has 0 saturated carbocycles. The van der Waals surface area contributed by atoms with E-state index in [9.17, 15) is 30.8 Å². The first-order valence-electron chi connectivity index (χ1n) is 13.7. The first-order chi connectivity index (χ1) is 19.7. The fourth-order valence-electron chi connectivity index (χ4n) is 7.01. The number of benzene rings is 2. The van der Waals surface area contributed by atoms with Gasteiger partial charge in [0.15, 0.2) is 21.4 Å². The summed E-state index contributed by atoms with van der Waals surface area (Å²) >= 11 is 6.06. The van der Waals surface area contributed by atoms with Crippen LogP contribution in [0.5, 0.6) is 5.75 Å². The molecule has 5 rings (SSSR count). The number of amides is 1. The third kappa shape index (κ3) is 5.86. The molecule has 2 aromatic carbocycles. The molecule has 3 heterocycles. The summed E-state index contributed by atoms with van der Waals surface area (Å²) in [4.78, 5) is 12.6. The first-order valence-corrected chi connectivity index (χ1v) is 15.9. The van der Waals surface area contributed by atoms with E-state index in [1.54, 1.807) is 24.3 Å². The average molecular weight is 636 g/mol. The molecule has 0 unspecified atom stereocenters. The third-order valence-electron chi connectivity index (χ3n) is 8.92. The van der Waals surface area contributed by atoms with Gasteiger partial charge in [-0.1, -0.05) is 23.7 Å². The van der Waals surface area contributed by atoms with Crippen molar-refractivity contribution >= 4 is 27.3 Å². The molecule has 0 radical (unpaired) electrons. The van der Waals surface area contributed by atoms with Crippen molar-refractivity contribution in [1.29, 1.82) is 0 Å². The maximum Gasteiger partial charge on any atom is 0.471 e. The Hall–Kier alpha value is -2.44. The number of sulfone groups is 1. The summed E-state index contributed by atoms with van der Waals surface area (Å²) < 4.78 is 108. The van der Waals surface area contributed by atoms with Gasteiger partial charge in [0.1, 0.15) is 5.82 Å². The van der Waals surface area contributed by atoms with E-state index in [1.807, 2.05) is 0 Å². The Bertz CT molecular complexity index is 1450. The van der Waals surface area contributed by atoms with Gasteiger partial charge in [0, 0.05) is 35.1 Å². The van der Waals surface area contributed by atoms with Gasteiger partial charge in [-0.25, -0.2) is 17.2 Å². The molecular formula is C29H31ClF5NO5S. The van der Waals surface area contributed by atoms with Crippen molar-refractivity contribution in [1.82, 2.24) is 4.90 Å². The van der Waals surface area contributed by atoms with Crippen LogP contribution in [0.25, 0.3) is 0 Å². The lowest BCUT2D eigenvalue weighted by molar-refractivity contribution is -0.188. The van der Waals surface area contributed by atoms with E-state index in [1.165, 1.54) is 6.92 Å². The molecular weight excluding hydrogens is 605 g/mol. The minimum atomic E-state index is -5.11. The highest BCUT2D eigenvalue weighted by Gasteiger charge is 2.54. The quantitative estimate of drug-likeness (QED) is 0.368. The lowest BCUT2D eigenvalue weighted by Crippen LogP contribution is -2.55. The van der Waals surface area contributed by atoms with E-state index >= 15 is 4.39 Å². The molecule has 230 valence electrons. The predicted octanol–water partition coefficient (Wildman–Crippen LogP) is 5.64. The molecule has 1 amide bonds. The summed E-state index contributed by atoms with van der Waals surface area (Å²) in [6, 6.07) is 9.05. The Balaban J connectivity index is 1.40. The molecule has 0 bridgehead atoms. The number of ether oxygens (including phenoxy) is 2. The van der Waals surface area contributed by atoms with Crippen LogP contribution in [0.1, 0.15) is 43.7 Å². The highest BCUT2D eigenvalue weighted by atomic mass is 35.5. The molecule has 3 aliphatic rings. The van der Waals surface area contributed by atoms with Crippen LogP contribution in [0.2, 0.25) is 5.02 Å². The number of carbonyl (C=O) groups excluding carboxylic acids is 1. The first kappa shape index (κ1) is 31.0. The van der Waals surface area contributed by atoms with Crippen molar-refractivity contribution in [2.45, 2.75) is 62.3 Å². The van der Waals surface area contributed by atoms with Crippen LogP contribution >= 0.6 is 11.6 Å². The van der Waals surface area contributed by atoms with Crippen molar-refractivity contribution in [3.63, 3.8) is 0 Å². The molecule has 2 aromatic rings. The molecule has 0 spiro atoms. The van der Waals surface area contributed by atoms with Crippen LogP contribution in [-0.4, -0.2) is 68.3 Å². The smallest absolute Gasteiger partial charge is 0.471 e. The Morgan fingerprint density at radius 2 is 1.79 bits per heavy atom. The highest BCUT2D eigenvalue weighted by molar-refractivity contribution is 7.91. The van der Waals surface area contributed by atoms with Crippen molar-refractivity contribution < 1.29 is 44.6 Å². The van der Waals surface area contributed by atoms with Crippen LogP contribution in [0.4, 0.5) is 22.0 Å². The zero-order chi connectivity index (χ0) is 30.5. The SMILES string of the molecule is C[C@@]1(CS(=O)(=O)CC[C@@H]2OCC[C@@]3(Cc4ccc(Cl)cc4)c4c(F)ccc(F)c4OC[C@@H]23)CCCN1C(=O)C(F)(F)F. The minimum absolute atomic E-state index is 0.0334. The van der Waals surface area contributed by atoms with E-state index in [4.69, 9.17) is 21.1 Å². The Kier molecular flexibility index (Phi) is 8.30. The number of likely N-dealkylation sites (tertiary alicyclic amines) is 1. The van der Waals surface area contributed by atoms with Gasteiger partial charge in [0.05, 0.1) is 29.8 Å². The van der Waals surface area contributed by atoms with Crippen LogP contribution in [-0.2, 0) is 31.2 Å². The zero-order valence-corrected chi connectivity index (χ0v) is 24.4. The second-order valence-electron chi connectivity index (χ2n) is 11.7. The average Bonchev–Trinajstić information content (AvgIpc) is 3.29. The summed E-state index contributed by atoms with van der Waals surface area (Å²) in [7, 11) is -3.96. The Morgan fingerprint density at radius 3 is 2.48 bits per heavy atom. The van der Waals surface area contributed by atoms with E-state index in [2.05, 4.69) is 0 Å². The topological polar surface area (TPSA) is 72.9 Å². The molecule has 3 aliphatic heterocycles. The van der Waals surface area contributed by atoms with Gasteiger partial charge in [-0.15, -0.1) is 0 Å². The van der Waals surface area contributed by atoms with Gasteiger partial charge in [-0.3, -0.25) is 4.79 Å². The molecule has 2 saturated heterocycles. The summed E-state index contributed by atoms with van der Waals surface area (Å²) in [5.74, 6) is -5.16. The predicted molar refractivity (Wildman–Crippen MR) is 145 cm³/mol. The van der Waals surface area contributed by atoms with Gasteiger partial charge in [-0.2, -0.15) is 13.2 Å². The van der Waals surface area contributed by atoms with E-state index in [-0.39, 0.29) is 50.3 Å². The van der Waals surface area contributed by atoms with E-state index in [0.717, 1.165) is 17.7 Å². The minimum Gasteiger partial charge on any atom is -0.490 e. The number of fused-ring (bicyclic) bond motifs is 3. The molecule has 4 atom stereocenters. The molecule has 13 heteroatoms. The fraction of sp³-hybridized carbons (Fsp3) is 0.552. The molecule has 42 heavy (non-hydrogen) atoms.